The highest BCUT2D eigenvalue weighted by atomic mass is 16.5. The van der Waals surface area contributed by atoms with Gasteiger partial charge in [0.05, 0.1) is 5.60 Å². The van der Waals surface area contributed by atoms with Crippen LogP contribution < -0.4 is 5.73 Å². The van der Waals surface area contributed by atoms with Crippen molar-refractivity contribution in [1.29, 1.82) is 0 Å². The molecule has 1 saturated carbocycles. The molecule has 2 N–H and O–H groups in total. The lowest BCUT2D eigenvalue weighted by Crippen LogP contribution is -2.14. The van der Waals surface area contributed by atoms with Crippen molar-refractivity contribution < 1.29 is 4.74 Å². The molecule has 1 aliphatic rings. The number of ether oxygens (including phenoxy) is 1. The van der Waals surface area contributed by atoms with E-state index in [1.165, 1.54) is 24.0 Å². The molecule has 1 aromatic rings. The molecule has 0 atom stereocenters. The van der Waals surface area contributed by atoms with Crippen LogP contribution in [-0.2, 0) is 17.6 Å². The largest absolute Gasteiger partial charge is 0.378 e. The predicted molar refractivity (Wildman–Crippen MR) is 66.5 cm³/mol. The maximum absolute atomic E-state index is 5.53. The number of aryl methyl sites for hydroxylation is 1. The molecule has 0 radical (unpaired) electrons. The molecule has 2 nitrogen and oxygen atoms in total. The monoisotopic (exact) mass is 219 g/mol. The van der Waals surface area contributed by atoms with Crippen molar-refractivity contribution in [3.05, 3.63) is 35.4 Å². The molecule has 0 aliphatic heterocycles. The summed E-state index contributed by atoms with van der Waals surface area (Å²) in [4.78, 5) is 0. The molecule has 1 aliphatic carbocycles. The second-order valence-corrected chi connectivity index (χ2v) is 4.77. The van der Waals surface area contributed by atoms with Crippen LogP contribution in [0.1, 0.15) is 30.4 Å². The van der Waals surface area contributed by atoms with Gasteiger partial charge in [0.2, 0.25) is 0 Å². The highest BCUT2D eigenvalue weighted by Gasteiger charge is 2.42. The maximum atomic E-state index is 5.53. The smallest absolute Gasteiger partial charge is 0.0721 e. The second-order valence-electron chi connectivity index (χ2n) is 4.77. The van der Waals surface area contributed by atoms with Gasteiger partial charge in [-0.1, -0.05) is 24.3 Å². The number of nitrogens with two attached hydrogens (primary N) is 1. The Morgan fingerprint density at radius 3 is 2.31 bits per heavy atom. The number of hydrogen-bond donors (Lipinski definition) is 1. The molecule has 0 spiro atoms. The van der Waals surface area contributed by atoms with Crippen LogP contribution in [0.2, 0.25) is 0 Å². The third-order valence-corrected chi connectivity index (χ3v) is 3.46. The molecule has 2 heteroatoms. The quantitative estimate of drug-likeness (QED) is 0.796. The Morgan fingerprint density at radius 2 is 1.81 bits per heavy atom. The van der Waals surface area contributed by atoms with Crippen LogP contribution in [0.3, 0.4) is 0 Å². The van der Waals surface area contributed by atoms with Crippen molar-refractivity contribution in [3.8, 4) is 0 Å². The van der Waals surface area contributed by atoms with Crippen molar-refractivity contribution in [1.82, 2.24) is 0 Å². The van der Waals surface area contributed by atoms with Crippen molar-refractivity contribution in [2.75, 3.05) is 13.7 Å². The van der Waals surface area contributed by atoms with Crippen molar-refractivity contribution in [2.24, 2.45) is 5.73 Å². The van der Waals surface area contributed by atoms with Gasteiger partial charge in [0.25, 0.3) is 0 Å². The summed E-state index contributed by atoms with van der Waals surface area (Å²) >= 11 is 0. The molecule has 0 amide bonds. The van der Waals surface area contributed by atoms with Gasteiger partial charge < -0.3 is 10.5 Å². The molecule has 0 heterocycles. The van der Waals surface area contributed by atoms with E-state index in [0.717, 1.165) is 25.8 Å². The molecular weight excluding hydrogens is 198 g/mol. The fourth-order valence-corrected chi connectivity index (χ4v) is 2.09. The molecule has 1 aromatic carbocycles. The van der Waals surface area contributed by atoms with Gasteiger partial charge in [0.15, 0.2) is 0 Å². The van der Waals surface area contributed by atoms with E-state index < -0.39 is 0 Å². The normalized spacial score (nSPS) is 17.4. The van der Waals surface area contributed by atoms with Crippen LogP contribution in [0.15, 0.2) is 24.3 Å². The maximum Gasteiger partial charge on any atom is 0.0721 e. The minimum Gasteiger partial charge on any atom is -0.378 e. The molecule has 0 unspecified atom stereocenters. The van der Waals surface area contributed by atoms with Gasteiger partial charge in [-0.25, -0.2) is 0 Å². The van der Waals surface area contributed by atoms with Gasteiger partial charge in [0, 0.05) is 13.5 Å². The SMILES string of the molecule is COC1(Cc2ccc(CCCN)cc2)CC1. The zero-order chi connectivity index (χ0) is 11.4. The molecule has 2 rings (SSSR count). The van der Waals surface area contributed by atoms with Gasteiger partial charge in [-0.2, -0.15) is 0 Å². The van der Waals surface area contributed by atoms with E-state index in [9.17, 15) is 0 Å². The molecule has 16 heavy (non-hydrogen) atoms. The Kier molecular flexibility index (Phi) is 3.62. The first-order valence-electron chi connectivity index (χ1n) is 6.11. The first-order chi connectivity index (χ1) is 7.78. The summed E-state index contributed by atoms with van der Waals surface area (Å²) in [5.74, 6) is 0. The fourth-order valence-electron chi connectivity index (χ4n) is 2.09. The van der Waals surface area contributed by atoms with Gasteiger partial charge in [-0.3, -0.25) is 0 Å². The second kappa shape index (κ2) is 4.98. The molecule has 0 bridgehead atoms. The van der Waals surface area contributed by atoms with Crippen molar-refractivity contribution in [3.63, 3.8) is 0 Å². The molecule has 88 valence electrons. The van der Waals surface area contributed by atoms with E-state index >= 15 is 0 Å². The number of hydrogen-bond acceptors (Lipinski definition) is 2. The van der Waals surface area contributed by atoms with Gasteiger partial charge in [-0.05, 0) is 43.4 Å². The van der Waals surface area contributed by atoms with E-state index in [1.807, 2.05) is 7.11 Å². The Balaban J connectivity index is 1.91. The van der Waals surface area contributed by atoms with Gasteiger partial charge >= 0.3 is 0 Å². The average Bonchev–Trinajstić information content (AvgIpc) is 3.09. The molecular formula is C14H21NO. The molecule has 1 fully saturated rings. The van der Waals surface area contributed by atoms with Crippen LogP contribution in [-0.4, -0.2) is 19.3 Å². The predicted octanol–water partition coefficient (Wildman–Crippen LogP) is 2.30. The highest BCUT2D eigenvalue weighted by molar-refractivity contribution is 5.25. The molecule has 0 saturated heterocycles. The van der Waals surface area contributed by atoms with Crippen LogP contribution >= 0.6 is 0 Å². The number of rotatable bonds is 6. The topological polar surface area (TPSA) is 35.2 Å². The zero-order valence-corrected chi connectivity index (χ0v) is 10.0. The fraction of sp³-hybridized carbons (Fsp3) is 0.571. The third-order valence-electron chi connectivity index (χ3n) is 3.46. The van der Waals surface area contributed by atoms with Gasteiger partial charge in [0.1, 0.15) is 0 Å². The summed E-state index contributed by atoms with van der Waals surface area (Å²) in [6.45, 7) is 0.772. The van der Waals surface area contributed by atoms with Crippen LogP contribution in [0.25, 0.3) is 0 Å². The van der Waals surface area contributed by atoms with Crippen molar-refractivity contribution >= 4 is 0 Å². The summed E-state index contributed by atoms with van der Waals surface area (Å²) in [6, 6.07) is 8.89. The lowest BCUT2D eigenvalue weighted by atomic mass is 10.0. The summed E-state index contributed by atoms with van der Waals surface area (Å²) in [6.07, 6.45) is 5.63. The first kappa shape index (κ1) is 11.6. The summed E-state index contributed by atoms with van der Waals surface area (Å²) in [5.41, 5.74) is 8.44. The average molecular weight is 219 g/mol. The van der Waals surface area contributed by atoms with E-state index in [2.05, 4.69) is 24.3 Å². The Hall–Kier alpha value is -0.860. The lowest BCUT2D eigenvalue weighted by Gasteiger charge is -2.13. The summed E-state index contributed by atoms with van der Waals surface area (Å²) in [5, 5.41) is 0. The Bertz CT molecular complexity index is 327. The van der Waals surface area contributed by atoms with E-state index in [4.69, 9.17) is 10.5 Å². The van der Waals surface area contributed by atoms with Crippen molar-refractivity contribution in [2.45, 2.75) is 37.7 Å². The third kappa shape index (κ3) is 2.83. The van der Waals surface area contributed by atoms with Crippen LogP contribution in [0.4, 0.5) is 0 Å². The zero-order valence-electron chi connectivity index (χ0n) is 10.0. The van der Waals surface area contributed by atoms with Crippen LogP contribution in [0, 0.1) is 0 Å². The van der Waals surface area contributed by atoms with E-state index in [-0.39, 0.29) is 5.60 Å². The van der Waals surface area contributed by atoms with Gasteiger partial charge in [-0.15, -0.1) is 0 Å². The molecule has 0 aromatic heterocycles. The van der Waals surface area contributed by atoms with E-state index in [1.54, 1.807) is 0 Å². The van der Waals surface area contributed by atoms with Crippen LogP contribution in [0.5, 0.6) is 0 Å². The number of methoxy groups -OCH3 is 1. The minimum absolute atomic E-state index is 0.165. The Labute approximate surface area is 97.8 Å². The summed E-state index contributed by atoms with van der Waals surface area (Å²) in [7, 11) is 1.82. The summed E-state index contributed by atoms with van der Waals surface area (Å²) < 4.78 is 5.53. The first-order valence-corrected chi connectivity index (χ1v) is 6.11. The Morgan fingerprint density at radius 1 is 1.19 bits per heavy atom. The lowest BCUT2D eigenvalue weighted by molar-refractivity contribution is 0.0807. The number of benzene rings is 1. The minimum atomic E-state index is 0.165. The standard InChI is InChI=1S/C14H21NO/c1-16-14(8-9-14)11-13-6-4-12(5-7-13)3-2-10-15/h4-7H,2-3,8-11,15H2,1H3. The van der Waals surface area contributed by atoms with E-state index in [0.29, 0.717) is 0 Å². The highest BCUT2D eigenvalue weighted by Crippen LogP contribution is 2.41.